The molecule has 6 heteroatoms. The third kappa shape index (κ3) is 3.11. The Balaban J connectivity index is 1.35. The lowest BCUT2D eigenvalue weighted by Gasteiger charge is -2.44. The molecule has 1 N–H and O–H groups in total. The van der Waals surface area contributed by atoms with Crippen LogP contribution in [0, 0.1) is 11.8 Å². The Morgan fingerprint density at radius 3 is 2.97 bits per heavy atom. The van der Waals surface area contributed by atoms with E-state index in [1.165, 1.54) is 5.69 Å². The number of hydrogen-bond donors (Lipinski definition) is 1. The topological polar surface area (TPSA) is 55.5 Å². The van der Waals surface area contributed by atoms with Crippen LogP contribution >= 0.6 is 0 Å². The molecule has 0 bridgehead atoms. The van der Waals surface area contributed by atoms with E-state index in [2.05, 4.69) is 75.1 Å². The predicted molar refractivity (Wildman–Crippen MR) is 116 cm³/mol. The Morgan fingerprint density at radius 1 is 1.21 bits per heavy atom. The Kier molecular flexibility index (Phi) is 4.57. The van der Waals surface area contributed by atoms with E-state index in [-0.39, 0.29) is 18.1 Å². The first kappa shape index (κ1) is 18.3. The van der Waals surface area contributed by atoms with Crippen molar-refractivity contribution < 1.29 is 4.79 Å². The van der Waals surface area contributed by atoms with Crippen molar-refractivity contribution in [3.05, 3.63) is 48.8 Å². The van der Waals surface area contributed by atoms with E-state index in [9.17, 15) is 4.79 Å². The van der Waals surface area contributed by atoms with Crippen molar-refractivity contribution in [1.82, 2.24) is 19.8 Å². The van der Waals surface area contributed by atoms with Crippen LogP contribution in [0.2, 0.25) is 0 Å². The Morgan fingerprint density at radius 2 is 2.07 bits per heavy atom. The molecule has 2 aliphatic heterocycles. The van der Waals surface area contributed by atoms with Gasteiger partial charge in [-0.25, -0.2) is 9.78 Å². The number of anilines is 1. The number of aromatic amines is 1. The molecule has 4 heterocycles. The number of likely N-dealkylation sites (tertiary alicyclic amines) is 2. The van der Waals surface area contributed by atoms with E-state index in [0.29, 0.717) is 11.8 Å². The molecule has 29 heavy (non-hydrogen) atoms. The largest absolute Gasteiger partial charge is 0.369 e. The zero-order valence-corrected chi connectivity index (χ0v) is 17.2. The minimum atomic E-state index is 0.198. The number of allylic oxidation sites excluding steroid dienone is 2. The lowest BCUT2D eigenvalue weighted by atomic mass is 9.92. The van der Waals surface area contributed by atoms with Gasteiger partial charge in [-0.05, 0) is 30.9 Å². The smallest absolute Gasteiger partial charge is 0.320 e. The maximum absolute atomic E-state index is 13.4. The first-order chi connectivity index (χ1) is 14.1. The zero-order valence-electron chi connectivity index (χ0n) is 17.2. The maximum atomic E-state index is 13.4. The fraction of sp³-hybridized carbons (Fsp3) is 0.478. The molecule has 1 aliphatic carbocycles. The molecule has 0 saturated carbocycles. The number of nitrogens with one attached hydrogen (secondary N) is 1. The van der Waals surface area contributed by atoms with Gasteiger partial charge >= 0.3 is 6.03 Å². The summed E-state index contributed by atoms with van der Waals surface area (Å²) in [6.07, 6.45) is 14.5. The Hall–Kier alpha value is -2.76. The van der Waals surface area contributed by atoms with Crippen LogP contribution in [0.1, 0.15) is 19.8 Å². The molecule has 2 unspecified atom stereocenters. The van der Waals surface area contributed by atoms with Gasteiger partial charge in [0.1, 0.15) is 5.65 Å². The van der Waals surface area contributed by atoms with Crippen molar-refractivity contribution in [3.8, 4) is 0 Å². The fourth-order valence-electron chi connectivity index (χ4n) is 5.24. The number of aromatic nitrogens is 2. The van der Waals surface area contributed by atoms with Crippen molar-refractivity contribution in [3.63, 3.8) is 0 Å². The number of amides is 2. The standard InChI is InChI=1S/C23H29N5O/c1-16-9-13-27(23(29)28-14-10-17-5-3-4-6-19(17)28)15-21(16)26(2)20-8-12-25-22-18(20)7-11-24-22/h3-8,11-12,16-17,19,21H,9-10,13-15H2,1-2H3,(H,24,25)/t16-,17?,19-,21?/m1/s1. The molecular formula is C23H29N5O. The van der Waals surface area contributed by atoms with Gasteiger partial charge < -0.3 is 19.7 Å². The minimum absolute atomic E-state index is 0.198. The first-order valence-electron chi connectivity index (χ1n) is 10.7. The molecule has 6 nitrogen and oxygen atoms in total. The van der Waals surface area contributed by atoms with Crippen LogP contribution in [0.5, 0.6) is 0 Å². The highest BCUT2D eigenvalue weighted by atomic mass is 16.2. The number of likely N-dealkylation sites (N-methyl/N-ethyl adjacent to an activating group) is 1. The highest BCUT2D eigenvalue weighted by Crippen LogP contribution is 2.33. The van der Waals surface area contributed by atoms with Crippen molar-refractivity contribution in [2.45, 2.75) is 31.8 Å². The minimum Gasteiger partial charge on any atom is -0.369 e. The molecule has 152 valence electrons. The molecule has 2 aromatic heterocycles. The number of rotatable bonds is 2. The maximum Gasteiger partial charge on any atom is 0.320 e. The molecule has 2 fully saturated rings. The zero-order chi connectivity index (χ0) is 20.0. The lowest BCUT2D eigenvalue weighted by Crippen LogP contribution is -2.56. The second kappa shape index (κ2) is 7.25. The van der Waals surface area contributed by atoms with Crippen LogP contribution in [0.4, 0.5) is 10.5 Å². The third-order valence-corrected chi connectivity index (χ3v) is 7.03. The number of carbonyl (C=O) groups excluding carboxylic acids is 1. The summed E-state index contributed by atoms with van der Waals surface area (Å²) in [5.74, 6) is 1.000. The molecule has 3 aliphatic rings. The Bertz CT molecular complexity index is 963. The van der Waals surface area contributed by atoms with Crippen LogP contribution in [0.15, 0.2) is 48.8 Å². The molecule has 2 amide bonds. The van der Waals surface area contributed by atoms with Gasteiger partial charge in [0.05, 0.1) is 6.04 Å². The molecule has 0 radical (unpaired) electrons. The molecule has 0 aromatic carbocycles. The van der Waals surface area contributed by atoms with E-state index in [0.717, 1.165) is 43.5 Å². The fourth-order valence-corrected chi connectivity index (χ4v) is 5.24. The molecule has 2 aromatic rings. The van der Waals surface area contributed by atoms with Crippen molar-refractivity contribution in [1.29, 1.82) is 0 Å². The quantitative estimate of drug-likeness (QED) is 0.850. The van der Waals surface area contributed by atoms with Crippen LogP contribution in [0.3, 0.4) is 0 Å². The van der Waals surface area contributed by atoms with E-state index >= 15 is 0 Å². The van der Waals surface area contributed by atoms with Crippen LogP contribution in [-0.2, 0) is 0 Å². The molecule has 4 atom stereocenters. The van der Waals surface area contributed by atoms with Crippen molar-refractivity contribution >= 4 is 22.8 Å². The number of H-pyrrole nitrogens is 1. The second-order valence-electron chi connectivity index (χ2n) is 8.65. The van der Waals surface area contributed by atoms with Crippen LogP contribution < -0.4 is 4.90 Å². The second-order valence-corrected chi connectivity index (χ2v) is 8.65. The van der Waals surface area contributed by atoms with Crippen LogP contribution in [0.25, 0.3) is 11.0 Å². The molecule has 0 spiro atoms. The summed E-state index contributed by atoms with van der Waals surface area (Å²) >= 11 is 0. The van der Waals surface area contributed by atoms with Gasteiger partial charge in [0.25, 0.3) is 0 Å². The van der Waals surface area contributed by atoms with E-state index < -0.39 is 0 Å². The predicted octanol–water partition coefficient (Wildman–Crippen LogP) is 3.65. The normalized spacial score (nSPS) is 28.8. The summed E-state index contributed by atoms with van der Waals surface area (Å²) < 4.78 is 0. The summed E-state index contributed by atoms with van der Waals surface area (Å²) in [6.45, 7) is 4.76. The number of fused-ring (bicyclic) bond motifs is 2. The average Bonchev–Trinajstić information content (AvgIpc) is 3.40. The van der Waals surface area contributed by atoms with Gasteiger partial charge in [-0.1, -0.05) is 31.2 Å². The summed E-state index contributed by atoms with van der Waals surface area (Å²) in [5.41, 5.74) is 2.08. The summed E-state index contributed by atoms with van der Waals surface area (Å²) in [6, 6.07) is 4.87. The lowest BCUT2D eigenvalue weighted by molar-refractivity contribution is 0.125. The average molecular weight is 392 g/mol. The van der Waals surface area contributed by atoms with E-state index in [1.807, 2.05) is 12.4 Å². The number of nitrogens with zero attached hydrogens (tertiary/aromatic N) is 4. The Labute approximate surface area is 171 Å². The first-order valence-corrected chi connectivity index (χ1v) is 10.7. The van der Waals surface area contributed by atoms with Gasteiger partial charge in [0.2, 0.25) is 0 Å². The molecular weight excluding hydrogens is 362 g/mol. The molecule has 5 rings (SSSR count). The van der Waals surface area contributed by atoms with E-state index in [1.54, 1.807) is 0 Å². The van der Waals surface area contributed by atoms with Gasteiger partial charge in [-0.15, -0.1) is 0 Å². The third-order valence-electron chi connectivity index (χ3n) is 7.03. The number of carbonyl (C=O) groups is 1. The van der Waals surface area contributed by atoms with Gasteiger partial charge in [-0.2, -0.15) is 0 Å². The summed E-state index contributed by atoms with van der Waals surface area (Å²) in [5, 5.41) is 1.13. The highest BCUT2D eigenvalue weighted by molar-refractivity contribution is 5.89. The van der Waals surface area contributed by atoms with Gasteiger partial charge in [0.15, 0.2) is 0 Å². The number of urea groups is 1. The van der Waals surface area contributed by atoms with Gasteiger partial charge in [0, 0.05) is 62.1 Å². The molecule has 2 saturated heterocycles. The highest BCUT2D eigenvalue weighted by Gasteiger charge is 2.39. The number of piperidine rings is 1. The monoisotopic (exact) mass is 391 g/mol. The van der Waals surface area contributed by atoms with Crippen LogP contribution in [-0.4, -0.2) is 64.6 Å². The number of hydrogen-bond acceptors (Lipinski definition) is 3. The van der Waals surface area contributed by atoms with Crippen molar-refractivity contribution in [2.24, 2.45) is 11.8 Å². The van der Waals surface area contributed by atoms with E-state index in [4.69, 9.17) is 0 Å². The van der Waals surface area contributed by atoms with Crippen molar-refractivity contribution in [2.75, 3.05) is 31.6 Å². The number of pyridine rings is 1. The SMILES string of the molecule is C[C@@H]1CCN(C(=O)N2CCC3C=CC=C[C@H]32)CC1N(C)c1ccnc2[nH]ccc12. The summed E-state index contributed by atoms with van der Waals surface area (Å²) in [7, 11) is 2.15. The van der Waals surface area contributed by atoms with Gasteiger partial charge in [-0.3, -0.25) is 0 Å². The summed E-state index contributed by atoms with van der Waals surface area (Å²) in [4.78, 5) is 27.5.